The van der Waals surface area contributed by atoms with Gasteiger partial charge in [0.2, 0.25) is 5.71 Å². The van der Waals surface area contributed by atoms with Crippen molar-refractivity contribution in [1.82, 2.24) is 4.98 Å². The van der Waals surface area contributed by atoms with Crippen molar-refractivity contribution in [2.75, 3.05) is 0 Å². The molecule has 2 rings (SSSR count). The molecular weight excluding hydrogens is 162 g/mol. The third kappa shape index (κ3) is 1.89. The number of pyridine rings is 1. The van der Waals surface area contributed by atoms with Gasteiger partial charge >= 0.3 is 0 Å². The van der Waals surface area contributed by atoms with Crippen LogP contribution in [-0.2, 0) is 0 Å². The summed E-state index contributed by atoms with van der Waals surface area (Å²) in [6, 6.07) is 2.08. The Kier molecular flexibility index (Phi) is 3.07. The van der Waals surface area contributed by atoms with Gasteiger partial charge < -0.3 is 4.42 Å². The van der Waals surface area contributed by atoms with Gasteiger partial charge in [0.15, 0.2) is 0 Å². The number of nitrogens with zero attached hydrogens (tertiary/aromatic N) is 1. The summed E-state index contributed by atoms with van der Waals surface area (Å²) in [5.74, 6) is 0. The molecule has 0 saturated carbocycles. The maximum absolute atomic E-state index is 5.19. The zero-order valence-corrected chi connectivity index (χ0v) is 8.59. The highest BCUT2D eigenvalue weighted by molar-refractivity contribution is 5.77. The van der Waals surface area contributed by atoms with Crippen LogP contribution in [0.3, 0.4) is 0 Å². The van der Waals surface area contributed by atoms with Gasteiger partial charge in [-0.05, 0) is 31.0 Å². The van der Waals surface area contributed by atoms with E-state index in [1.54, 1.807) is 6.26 Å². The van der Waals surface area contributed by atoms with E-state index in [9.17, 15) is 0 Å². The zero-order chi connectivity index (χ0) is 9.84. The van der Waals surface area contributed by atoms with Crippen LogP contribution in [0.25, 0.3) is 11.1 Å². The topological polar surface area (TPSA) is 26.0 Å². The van der Waals surface area contributed by atoms with Crippen LogP contribution in [0.5, 0.6) is 0 Å². The van der Waals surface area contributed by atoms with E-state index in [-0.39, 0.29) is 0 Å². The van der Waals surface area contributed by atoms with Crippen molar-refractivity contribution in [3.8, 4) is 0 Å². The van der Waals surface area contributed by atoms with E-state index in [0.29, 0.717) is 0 Å². The van der Waals surface area contributed by atoms with E-state index in [1.165, 1.54) is 5.56 Å². The Morgan fingerprint density at radius 1 is 1.23 bits per heavy atom. The van der Waals surface area contributed by atoms with Gasteiger partial charge in [-0.1, -0.05) is 13.8 Å². The average molecular weight is 177 g/mol. The maximum atomic E-state index is 5.19. The van der Waals surface area contributed by atoms with Gasteiger partial charge in [0.25, 0.3) is 0 Å². The summed E-state index contributed by atoms with van der Waals surface area (Å²) in [5, 5.41) is 1.12. The van der Waals surface area contributed by atoms with Crippen LogP contribution in [0.2, 0.25) is 0 Å². The fourth-order valence-corrected chi connectivity index (χ4v) is 1.14. The first-order chi connectivity index (χ1) is 6.27. The third-order valence-corrected chi connectivity index (χ3v) is 1.76. The lowest BCUT2D eigenvalue weighted by atomic mass is 10.2. The van der Waals surface area contributed by atoms with Gasteiger partial charge in [-0.15, -0.1) is 0 Å². The first-order valence-electron chi connectivity index (χ1n) is 4.58. The Balaban J connectivity index is 0.000000396. The van der Waals surface area contributed by atoms with Crippen molar-refractivity contribution in [2.45, 2.75) is 27.7 Å². The monoisotopic (exact) mass is 177 g/mol. The van der Waals surface area contributed by atoms with Gasteiger partial charge in [0.1, 0.15) is 0 Å². The van der Waals surface area contributed by atoms with Crippen molar-refractivity contribution in [1.29, 1.82) is 0 Å². The quantitative estimate of drug-likeness (QED) is 0.615. The standard InChI is InChI=1S/C9H9NO.C2H6/c1-6-3-8-7(2)5-11-9(8)10-4-6;1-2/h3-5H,1-2H3;1-2H3. The zero-order valence-electron chi connectivity index (χ0n) is 8.59. The molecule has 0 aromatic carbocycles. The molecule has 0 radical (unpaired) electrons. The molecule has 2 aromatic heterocycles. The minimum atomic E-state index is 0.730. The minimum absolute atomic E-state index is 0.730. The van der Waals surface area contributed by atoms with Crippen LogP contribution in [0.15, 0.2) is 22.9 Å². The fourth-order valence-electron chi connectivity index (χ4n) is 1.14. The summed E-state index contributed by atoms with van der Waals surface area (Å²) in [6.07, 6.45) is 3.54. The minimum Gasteiger partial charge on any atom is -0.446 e. The van der Waals surface area contributed by atoms with Crippen LogP contribution < -0.4 is 0 Å². The van der Waals surface area contributed by atoms with Crippen LogP contribution in [0.1, 0.15) is 25.0 Å². The summed E-state index contributed by atoms with van der Waals surface area (Å²) in [5.41, 5.74) is 3.05. The second kappa shape index (κ2) is 4.08. The van der Waals surface area contributed by atoms with E-state index >= 15 is 0 Å². The normalized spacial score (nSPS) is 9.54. The highest BCUT2D eigenvalue weighted by atomic mass is 16.3. The van der Waals surface area contributed by atoms with E-state index in [0.717, 1.165) is 16.7 Å². The predicted molar refractivity (Wildman–Crippen MR) is 54.8 cm³/mol. The van der Waals surface area contributed by atoms with Crippen molar-refractivity contribution in [2.24, 2.45) is 0 Å². The first kappa shape index (κ1) is 9.78. The highest BCUT2D eigenvalue weighted by Crippen LogP contribution is 2.18. The molecule has 2 aromatic rings. The van der Waals surface area contributed by atoms with Crippen LogP contribution in [-0.4, -0.2) is 4.98 Å². The van der Waals surface area contributed by atoms with Gasteiger partial charge in [-0.2, -0.15) is 0 Å². The fraction of sp³-hybridized carbons (Fsp3) is 0.364. The number of aromatic nitrogens is 1. The SMILES string of the molecule is CC.Cc1cnc2occ(C)c2c1. The average Bonchev–Trinajstić information content (AvgIpc) is 2.52. The molecule has 2 heterocycles. The van der Waals surface area contributed by atoms with Crippen molar-refractivity contribution >= 4 is 11.1 Å². The second-order valence-corrected chi connectivity index (χ2v) is 2.78. The summed E-state index contributed by atoms with van der Waals surface area (Å²) < 4.78 is 5.19. The molecule has 0 spiro atoms. The molecule has 70 valence electrons. The van der Waals surface area contributed by atoms with Gasteiger partial charge in [0.05, 0.1) is 6.26 Å². The highest BCUT2D eigenvalue weighted by Gasteiger charge is 2.01. The van der Waals surface area contributed by atoms with Crippen LogP contribution >= 0.6 is 0 Å². The van der Waals surface area contributed by atoms with Gasteiger partial charge in [0, 0.05) is 11.6 Å². The maximum Gasteiger partial charge on any atom is 0.226 e. The van der Waals surface area contributed by atoms with Crippen molar-refractivity contribution in [3.63, 3.8) is 0 Å². The molecule has 2 heteroatoms. The molecule has 0 unspecified atom stereocenters. The molecule has 0 atom stereocenters. The Hall–Kier alpha value is -1.31. The largest absolute Gasteiger partial charge is 0.446 e. The summed E-state index contributed by atoms with van der Waals surface area (Å²) in [4.78, 5) is 4.13. The Morgan fingerprint density at radius 2 is 1.92 bits per heavy atom. The molecule has 0 aliphatic carbocycles. The Bertz CT molecular complexity index is 390. The molecule has 0 aliphatic rings. The summed E-state index contributed by atoms with van der Waals surface area (Å²) in [7, 11) is 0. The number of hydrogen-bond acceptors (Lipinski definition) is 2. The van der Waals surface area contributed by atoms with E-state index < -0.39 is 0 Å². The van der Waals surface area contributed by atoms with E-state index in [4.69, 9.17) is 4.42 Å². The van der Waals surface area contributed by atoms with E-state index in [2.05, 4.69) is 11.1 Å². The molecule has 0 aliphatic heterocycles. The van der Waals surface area contributed by atoms with Gasteiger partial charge in [-0.25, -0.2) is 4.98 Å². The lowest BCUT2D eigenvalue weighted by Crippen LogP contribution is -1.76. The molecular formula is C11H15NO. The number of fused-ring (bicyclic) bond motifs is 1. The van der Waals surface area contributed by atoms with Gasteiger partial charge in [-0.3, -0.25) is 0 Å². The number of furan rings is 1. The summed E-state index contributed by atoms with van der Waals surface area (Å²) in [6.45, 7) is 8.05. The Morgan fingerprint density at radius 3 is 2.62 bits per heavy atom. The number of hydrogen-bond donors (Lipinski definition) is 0. The first-order valence-corrected chi connectivity index (χ1v) is 4.58. The van der Waals surface area contributed by atoms with E-state index in [1.807, 2.05) is 33.9 Å². The molecule has 0 N–H and O–H groups in total. The number of aryl methyl sites for hydroxylation is 2. The molecule has 0 amide bonds. The lowest BCUT2D eigenvalue weighted by molar-refractivity contribution is 0.600. The predicted octanol–water partition coefficient (Wildman–Crippen LogP) is 3.47. The van der Waals surface area contributed by atoms with Crippen molar-refractivity contribution < 1.29 is 4.42 Å². The number of rotatable bonds is 0. The molecule has 13 heavy (non-hydrogen) atoms. The van der Waals surface area contributed by atoms with Crippen molar-refractivity contribution in [3.05, 3.63) is 29.7 Å². The Labute approximate surface area is 78.6 Å². The van der Waals surface area contributed by atoms with Crippen LogP contribution in [0, 0.1) is 13.8 Å². The van der Waals surface area contributed by atoms with Crippen LogP contribution in [0.4, 0.5) is 0 Å². The molecule has 2 nitrogen and oxygen atoms in total. The second-order valence-electron chi connectivity index (χ2n) is 2.78. The lowest BCUT2D eigenvalue weighted by Gasteiger charge is -1.90. The smallest absolute Gasteiger partial charge is 0.226 e. The third-order valence-electron chi connectivity index (χ3n) is 1.76. The summed E-state index contributed by atoms with van der Waals surface area (Å²) >= 11 is 0. The molecule has 0 saturated heterocycles. The molecule has 0 fully saturated rings. The molecule has 0 bridgehead atoms.